The van der Waals surface area contributed by atoms with Gasteiger partial charge in [0.05, 0.1) is 19.3 Å². The Hall–Kier alpha value is -2.87. The van der Waals surface area contributed by atoms with E-state index in [1.165, 1.54) is 18.4 Å². The fourth-order valence-corrected chi connectivity index (χ4v) is 5.99. The number of carbonyl (C=O) groups excluding carboxylic acids is 3. The van der Waals surface area contributed by atoms with Crippen molar-refractivity contribution >= 4 is 34.2 Å². The molecule has 7 nitrogen and oxygen atoms in total. The van der Waals surface area contributed by atoms with Gasteiger partial charge in [-0.2, -0.15) is 0 Å². The molecule has 1 unspecified atom stereocenters. The van der Waals surface area contributed by atoms with Crippen LogP contribution in [0.1, 0.15) is 105 Å². The molecule has 0 bridgehead atoms. The van der Waals surface area contributed by atoms with Gasteiger partial charge in [0.2, 0.25) is 0 Å². The number of unbranched alkanes of at least 4 members (excludes halogenated alkanes) is 2. The molecule has 0 aliphatic heterocycles. The fourth-order valence-electron chi connectivity index (χ4n) is 4.68. The number of anilines is 1. The van der Waals surface area contributed by atoms with Crippen LogP contribution in [0.4, 0.5) is 5.00 Å². The average molecular weight is 558 g/mol. The Bertz CT molecular complexity index is 1150. The second-order valence-electron chi connectivity index (χ2n) is 12.2. The number of hydrogen-bond donors (Lipinski definition) is 1. The average Bonchev–Trinajstić information content (AvgIpc) is 3.21. The summed E-state index contributed by atoms with van der Waals surface area (Å²) in [6.45, 7) is 12.9. The zero-order valence-electron chi connectivity index (χ0n) is 24.4. The smallest absolute Gasteiger partial charge is 0.341 e. The molecule has 1 heterocycles. The van der Waals surface area contributed by atoms with Crippen LogP contribution in [0.2, 0.25) is 0 Å². The molecule has 1 aliphatic rings. The van der Waals surface area contributed by atoms with Gasteiger partial charge in [-0.1, -0.05) is 20.8 Å². The van der Waals surface area contributed by atoms with Crippen molar-refractivity contribution in [1.82, 2.24) is 0 Å². The van der Waals surface area contributed by atoms with Gasteiger partial charge in [-0.25, -0.2) is 4.79 Å². The largest absolute Gasteiger partial charge is 0.494 e. The van der Waals surface area contributed by atoms with E-state index < -0.39 is 5.60 Å². The maximum Gasteiger partial charge on any atom is 0.341 e. The molecule has 0 saturated heterocycles. The van der Waals surface area contributed by atoms with E-state index in [0.717, 1.165) is 49.0 Å². The molecule has 3 rings (SSSR count). The lowest BCUT2D eigenvalue weighted by atomic mass is 9.72. The highest BCUT2D eigenvalue weighted by atomic mass is 32.1. The zero-order valence-corrected chi connectivity index (χ0v) is 25.2. The first-order valence-electron chi connectivity index (χ1n) is 13.8. The van der Waals surface area contributed by atoms with Gasteiger partial charge in [-0.3, -0.25) is 9.59 Å². The molecule has 1 amide bonds. The number of fused-ring (bicyclic) bond motifs is 1. The van der Waals surface area contributed by atoms with Gasteiger partial charge in [0, 0.05) is 16.9 Å². The van der Waals surface area contributed by atoms with E-state index in [2.05, 4.69) is 30.8 Å². The Balaban J connectivity index is 1.68. The van der Waals surface area contributed by atoms with Crippen LogP contribution >= 0.6 is 11.3 Å². The summed E-state index contributed by atoms with van der Waals surface area (Å²) in [7, 11) is 1.39. The van der Waals surface area contributed by atoms with E-state index in [-0.39, 0.29) is 23.3 Å². The molecule has 0 saturated carbocycles. The number of methoxy groups -OCH3 is 1. The van der Waals surface area contributed by atoms with Crippen molar-refractivity contribution < 1.29 is 28.6 Å². The lowest BCUT2D eigenvalue weighted by Crippen LogP contribution is -2.28. The quantitative estimate of drug-likeness (QED) is 0.245. The highest BCUT2D eigenvalue weighted by Gasteiger charge is 2.35. The minimum Gasteiger partial charge on any atom is -0.494 e. The standard InChI is InChI=1S/C31H43NO6S/c1-30(2,3)21-14-17-23-24(19-21)39-28(26(23)29(35)38-31(4,5)6)32-27(34)20-12-15-22(16-13-20)37-18-10-8-9-11-25(33)36-7/h12-13,15-16,21H,8-11,14,17-19H2,1-7H3,(H,32,34). The molecule has 1 atom stereocenters. The van der Waals surface area contributed by atoms with Crippen molar-refractivity contribution in [2.75, 3.05) is 19.0 Å². The summed E-state index contributed by atoms with van der Waals surface area (Å²) in [6.07, 6.45) is 5.58. The number of rotatable bonds is 10. The van der Waals surface area contributed by atoms with Gasteiger partial charge in [0.25, 0.3) is 5.91 Å². The summed E-state index contributed by atoms with van der Waals surface area (Å²) in [4.78, 5) is 38.8. The SMILES string of the molecule is COC(=O)CCCCCOc1ccc(C(=O)Nc2sc3c(c2C(=O)OC(C)(C)C)CCC(C(C)(C)C)C3)cc1. The van der Waals surface area contributed by atoms with Crippen LogP contribution in [-0.4, -0.2) is 37.2 Å². The van der Waals surface area contributed by atoms with Crippen LogP contribution in [0.25, 0.3) is 0 Å². The Labute approximate surface area is 236 Å². The summed E-state index contributed by atoms with van der Waals surface area (Å²) in [6, 6.07) is 6.98. The second-order valence-corrected chi connectivity index (χ2v) is 13.3. The summed E-state index contributed by atoms with van der Waals surface area (Å²) in [5.41, 5.74) is 1.53. The molecular formula is C31H43NO6S. The predicted molar refractivity (Wildman–Crippen MR) is 155 cm³/mol. The van der Waals surface area contributed by atoms with Gasteiger partial charge >= 0.3 is 11.9 Å². The van der Waals surface area contributed by atoms with Gasteiger partial charge in [0.15, 0.2) is 0 Å². The van der Waals surface area contributed by atoms with Crippen molar-refractivity contribution in [2.24, 2.45) is 11.3 Å². The van der Waals surface area contributed by atoms with Crippen molar-refractivity contribution in [3.63, 3.8) is 0 Å². The number of amides is 1. The molecule has 8 heteroatoms. The molecule has 0 fully saturated rings. The van der Waals surface area contributed by atoms with E-state index in [0.29, 0.717) is 40.8 Å². The summed E-state index contributed by atoms with van der Waals surface area (Å²) >= 11 is 1.50. The number of carbonyl (C=O) groups is 3. The molecule has 2 aromatic rings. The van der Waals surface area contributed by atoms with Crippen molar-refractivity contribution in [2.45, 2.75) is 92.1 Å². The topological polar surface area (TPSA) is 90.9 Å². The Morgan fingerprint density at radius 3 is 2.31 bits per heavy atom. The fraction of sp³-hybridized carbons (Fsp3) is 0.581. The third-order valence-electron chi connectivity index (χ3n) is 6.96. The molecule has 39 heavy (non-hydrogen) atoms. The molecule has 1 aliphatic carbocycles. The minimum absolute atomic E-state index is 0.171. The Kier molecular flexibility index (Phi) is 10.2. The Morgan fingerprint density at radius 1 is 1.00 bits per heavy atom. The number of benzene rings is 1. The maximum absolute atomic E-state index is 13.3. The number of nitrogens with one attached hydrogen (secondary N) is 1. The first-order valence-corrected chi connectivity index (χ1v) is 14.6. The van der Waals surface area contributed by atoms with Crippen LogP contribution in [0.3, 0.4) is 0 Å². The van der Waals surface area contributed by atoms with Gasteiger partial charge in [0.1, 0.15) is 16.4 Å². The van der Waals surface area contributed by atoms with Crippen molar-refractivity contribution in [3.8, 4) is 5.75 Å². The van der Waals surface area contributed by atoms with Gasteiger partial charge in [-0.15, -0.1) is 11.3 Å². The van der Waals surface area contributed by atoms with Crippen molar-refractivity contribution in [3.05, 3.63) is 45.8 Å². The lowest BCUT2D eigenvalue weighted by molar-refractivity contribution is -0.140. The molecule has 1 N–H and O–H groups in total. The first kappa shape index (κ1) is 30.7. The zero-order chi connectivity index (χ0) is 28.8. The third-order valence-corrected chi connectivity index (χ3v) is 8.13. The van der Waals surface area contributed by atoms with E-state index in [9.17, 15) is 14.4 Å². The first-order chi connectivity index (χ1) is 18.3. The number of thiophene rings is 1. The number of hydrogen-bond acceptors (Lipinski definition) is 7. The monoisotopic (exact) mass is 557 g/mol. The van der Waals surface area contributed by atoms with Crippen LogP contribution < -0.4 is 10.1 Å². The summed E-state index contributed by atoms with van der Waals surface area (Å²) in [5, 5.41) is 3.56. The second kappa shape index (κ2) is 13.0. The van der Waals surface area contributed by atoms with Crippen LogP contribution in [0, 0.1) is 11.3 Å². The lowest BCUT2D eigenvalue weighted by Gasteiger charge is -2.34. The predicted octanol–water partition coefficient (Wildman–Crippen LogP) is 7.22. The molecule has 1 aromatic carbocycles. The molecule has 1 aromatic heterocycles. The number of ether oxygens (including phenoxy) is 3. The maximum atomic E-state index is 13.3. The van der Waals surface area contributed by atoms with E-state index in [1.807, 2.05) is 20.8 Å². The minimum atomic E-state index is -0.632. The van der Waals surface area contributed by atoms with E-state index in [4.69, 9.17) is 9.47 Å². The van der Waals surface area contributed by atoms with Crippen molar-refractivity contribution in [1.29, 1.82) is 0 Å². The summed E-state index contributed by atoms with van der Waals surface area (Å²) < 4.78 is 16.2. The number of esters is 2. The molecule has 0 spiro atoms. The normalized spacial score (nSPS) is 15.3. The molecule has 0 radical (unpaired) electrons. The summed E-state index contributed by atoms with van der Waals surface area (Å²) in [5.74, 6) is 0.327. The van der Waals surface area contributed by atoms with Crippen LogP contribution in [0.15, 0.2) is 24.3 Å². The van der Waals surface area contributed by atoms with E-state index in [1.54, 1.807) is 24.3 Å². The van der Waals surface area contributed by atoms with Gasteiger partial charge < -0.3 is 19.5 Å². The molecular weight excluding hydrogens is 514 g/mol. The third kappa shape index (κ3) is 8.82. The highest BCUT2D eigenvalue weighted by Crippen LogP contribution is 2.45. The molecule has 214 valence electrons. The van der Waals surface area contributed by atoms with E-state index >= 15 is 0 Å². The van der Waals surface area contributed by atoms with Crippen LogP contribution in [0.5, 0.6) is 5.75 Å². The van der Waals surface area contributed by atoms with Gasteiger partial charge in [-0.05, 0) is 100 Å². The highest BCUT2D eigenvalue weighted by molar-refractivity contribution is 7.17. The Morgan fingerprint density at radius 2 is 1.69 bits per heavy atom. The van der Waals surface area contributed by atoms with Crippen LogP contribution in [-0.2, 0) is 27.1 Å².